The zero-order chi connectivity index (χ0) is 17.9. The summed E-state index contributed by atoms with van der Waals surface area (Å²) < 4.78 is 5.95. The minimum atomic E-state index is 0.569. The van der Waals surface area contributed by atoms with Gasteiger partial charge in [0.25, 0.3) is 0 Å². The first kappa shape index (κ1) is 20.0. The lowest BCUT2D eigenvalue weighted by atomic mass is 10.1. The number of nitrogens with zero attached hydrogens (tertiary/aromatic N) is 1. The fourth-order valence-corrected chi connectivity index (χ4v) is 3.76. The van der Waals surface area contributed by atoms with Gasteiger partial charge in [0.15, 0.2) is 0 Å². The Hall–Kier alpha value is -1.35. The van der Waals surface area contributed by atoms with Crippen LogP contribution in [0.15, 0.2) is 35.8 Å². The van der Waals surface area contributed by atoms with Gasteiger partial charge in [-0.1, -0.05) is 44.9 Å². The van der Waals surface area contributed by atoms with E-state index in [-0.39, 0.29) is 0 Å². The van der Waals surface area contributed by atoms with Crippen LogP contribution < -0.4 is 9.64 Å². The second kappa shape index (κ2) is 11.3. The normalized spacial score (nSPS) is 16.7. The Morgan fingerprint density at radius 1 is 1.16 bits per heavy atom. The van der Waals surface area contributed by atoms with Gasteiger partial charge in [-0.25, -0.2) is 0 Å². The van der Waals surface area contributed by atoms with E-state index in [1.807, 2.05) is 11.8 Å². The van der Waals surface area contributed by atoms with E-state index in [1.54, 1.807) is 0 Å². The largest absolute Gasteiger partial charge is 0.493 e. The van der Waals surface area contributed by atoms with Crippen LogP contribution in [0.25, 0.3) is 6.08 Å². The maximum atomic E-state index is 5.95. The average molecular weight is 360 g/mol. The van der Waals surface area contributed by atoms with Crippen molar-refractivity contribution in [1.82, 2.24) is 0 Å². The van der Waals surface area contributed by atoms with Crippen molar-refractivity contribution in [1.29, 1.82) is 0 Å². The molecule has 0 amide bonds. The first-order valence-electron chi connectivity index (χ1n) is 9.78. The number of anilines is 1. The van der Waals surface area contributed by atoms with Gasteiger partial charge in [-0.05, 0) is 43.7 Å². The fraction of sp³-hybridized carbons (Fsp3) is 0.545. The van der Waals surface area contributed by atoms with Gasteiger partial charge in [-0.3, -0.25) is 0 Å². The number of ether oxygens (including phenoxy) is 1. The third-order valence-electron chi connectivity index (χ3n) is 4.43. The van der Waals surface area contributed by atoms with Gasteiger partial charge in [0.1, 0.15) is 5.75 Å². The predicted molar refractivity (Wildman–Crippen MR) is 114 cm³/mol. The predicted octanol–water partition coefficient (Wildman–Crippen LogP) is 6.52. The molecular weight excluding hydrogens is 326 g/mol. The van der Waals surface area contributed by atoms with Gasteiger partial charge >= 0.3 is 0 Å². The van der Waals surface area contributed by atoms with Crippen LogP contribution in [-0.4, -0.2) is 24.9 Å². The van der Waals surface area contributed by atoms with E-state index >= 15 is 0 Å². The highest BCUT2D eigenvalue weighted by Crippen LogP contribution is 2.30. The zero-order valence-corrected chi connectivity index (χ0v) is 16.9. The second-order valence-electron chi connectivity index (χ2n) is 6.49. The Labute approximate surface area is 158 Å². The molecule has 0 saturated carbocycles. The molecule has 0 radical (unpaired) electrons. The lowest BCUT2D eigenvalue weighted by Gasteiger charge is -2.25. The summed E-state index contributed by atoms with van der Waals surface area (Å²) in [6.45, 7) is 9.53. The fourth-order valence-electron chi connectivity index (χ4n) is 2.94. The molecule has 2 rings (SSSR count). The van der Waals surface area contributed by atoms with Crippen molar-refractivity contribution >= 4 is 23.5 Å². The molecule has 0 aromatic heterocycles. The molecule has 0 N–H and O–H groups in total. The molecule has 0 bridgehead atoms. The van der Waals surface area contributed by atoms with Gasteiger partial charge in [-0.15, -0.1) is 11.8 Å². The maximum absolute atomic E-state index is 5.95. The van der Waals surface area contributed by atoms with Crippen LogP contribution in [0.2, 0.25) is 0 Å². The van der Waals surface area contributed by atoms with Crippen molar-refractivity contribution in [3.8, 4) is 5.75 Å². The van der Waals surface area contributed by atoms with Crippen molar-refractivity contribution in [3.05, 3.63) is 41.3 Å². The molecule has 138 valence electrons. The average Bonchev–Trinajstić information content (AvgIpc) is 3.15. The van der Waals surface area contributed by atoms with Crippen molar-refractivity contribution in [2.75, 3.05) is 24.6 Å². The Bertz CT molecular complexity index is 551. The Balaban J connectivity index is 2.16. The molecule has 1 aromatic rings. The molecule has 0 aliphatic carbocycles. The number of benzene rings is 1. The highest BCUT2D eigenvalue weighted by molar-refractivity contribution is 8.03. The smallest absolute Gasteiger partial charge is 0.128 e. The second-order valence-corrected chi connectivity index (χ2v) is 7.64. The van der Waals surface area contributed by atoms with Crippen molar-refractivity contribution in [2.24, 2.45) is 0 Å². The third kappa shape index (κ3) is 6.47. The minimum absolute atomic E-state index is 0.569. The molecule has 0 fully saturated rings. The topological polar surface area (TPSA) is 12.5 Å². The molecule has 1 aliphatic rings. The lowest BCUT2D eigenvalue weighted by Crippen LogP contribution is -2.25. The van der Waals surface area contributed by atoms with Crippen molar-refractivity contribution < 1.29 is 4.74 Å². The van der Waals surface area contributed by atoms with Crippen molar-refractivity contribution in [3.63, 3.8) is 0 Å². The minimum Gasteiger partial charge on any atom is -0.493 e. The van der Waals surface area contributed by atoms with E-state index in [1.165, 1.54) is 36.9 Å². The summed E-state index contributed by atoms with van der Waals surface area (Å²) in [7, 11) is 0. The Morgan fingerprint density at radius 3 is 2.52 bits per heavy atom. The van der Waals surface area contributed by atoms with E-state index < -0.39 is 0 Å². The Morgan fingerprint density at radius 2 is 1.92 bits per heavy atom. The Kier molecular flexibility index (Phi) is 9.03. The van der Waals surface area contributed by atoms with Crippen molar-refractivity contribution in [2.45, 2.75) is 58.1 Å². The van der Waals surface area contributed by atoms with Gasteiger partial charge < -0.3 is 9.64 Å². The van der Waals surface area contributed by atoms with Crippen LogP contribution in [0.5, 0.6) is 5.75 Å². The van der Waals surface area contributed by atoms with Crippen LogP contribution in [-0.2, 0) is 0 Å². The molecule has 1 unspecified atom stereocenters. The van der Waals surface area contributed by atoms with E-state index in [0.717, 1.165) is 25.3 Å². The van der Waals surface area contributed by atoms with E-state index in [9.17, 15) is 0 Å². The summed E-state index contributed by atoms with van der Waals surface area (Å²) in [5, 5.41) is 2.76. The summed E-state index contributed by atoms with van der Waals surface area (Å²) in [5.41, 5.74) is 2.48. The van der Waals surface area contributed by atoms with Gasteiger partial charge in [0.2, 0.25) is 0 Å². The molecular formula is C22H33NOS. The SMILES string of the molecule is CCCCN(CCCC)c1ccc(/C=C/C2CC=CS2)c(OCC)c1. The molecule has 1 aliphatic heterocycles. The van der Waals surface area contributed by atoms with Crippen LogP contribution in [0.3, 0.4) is 0 Å². The standard InChI is InChI=1S/C22H33NOS/c1-4-7-15-23(16-8-5-2)20-13-11-19(22(18-20)24-6-3)12-14-21-10-9-17-25-21/h9,11-14,17-18,21H,4-8,10,15-16H2,1-3H3/b14-12+. The quantitative estimate of drug-likeness (QED) is 0.446. The van der Waals surface area contributed by atoms with Crippen LogP contribution in [0.4, 0.5) is 5.69 Å². The number of unbranched alkanes of at least 4 members (excludes halogenated alkanes) is 2. The monoisotopic (exact) mass is 359 g/mol. The molecule has 0 spiro atoms. The first-order chi connectivity index (χ1) is 12.3. The van der Waals surface area contributed by atoms with Crippen LogP contribution in [0.1, 0.15) is 58.4 Å². The summed E-state index contributed by atoms with van der Waals surface area (Å²) in [6.07, 6.45) is 12.8. The summed E-state index contributed by atoms with van der Waals surface area (Å²) in [4.78, 5) is 2.51. The summed E-state index contributed by atoms with van der Waals surface area (Å²) in [6, 6.07) is 6.71. The molecule has 1 aromatic carbocycles. The van der Waals surface area contributed by atoms with Crippen LogP contribution in [0, 0.1) is 0 Å². The third-order valence-corrected chi connectivity index (χ3v) is 5.48. The molecule has 2 nitrogen and oxygen atoms in total. The summed E-state index contributed by atoms with van der Waals surface area (Å²) >= 11 is 1.89. The number of rotatable bonds is 11. The molecule has 25 heavy (non-hydrogen) atoms. The van der Waals surface area contributed by atoms with E-state index in [2.05, 4.69) is 67.5 Å². The maximum Gasteiger partial charge on any atom is 0.128 e. The number of hydrogen-bond acceptors (Lipinski definition) is 3. The van der Waals surface area contributed by atoms with E-state index in [0.29, 0.717) is 11.9 Å². The summed E-state index contributed by atoms with van der Waals surface area (Å²) in [5.74, 6) is 1.00. The molecule has 3 heteroatoms. The molecule has 0 saturated heterocycles. The van der Waals surface area contributed by atoms with Gasteiger partial charge in [-0.2, -0.15) is 0 Å². The number of thioether (sulfide) groups is 1. The van der Waals surface area contributed by atoms with E-state index in [4.69, 9.17) is 4.74 Å². The highest BCUT2D eigenvalue weighted by Gasteiger charge is 2.11. The van der Waals surface area contributed by atoms with Crippen LogP contribution >= 0.6 is 11.8 Å². The van der Waals surface area contributed by atoms with Gasteiger partial charge in [0, 0.05) is 35.7 Å². The first-order valence-corrected chi connectivity index (χ1v) is 10.7. The number of allylic oxidation sites excluding steroid dienone is 1. The highest BCUT2D eigenvalue weighted by atomic mass is 32.2. The lowest BCUT2D eigenvalue weighted by molar-refractivity contribution is 0.339. The molecule has 1 atom stereocenters. The zero-order valence-electron chi connectivity index (χ0n) is 16.0. The molecule has 1 heterocycles. The van der Waals surface area contributed by atoms with Gasteiger partial charge in [0.05, 0.1) is 6.61 Å². The number of hydrogen-bond donors (Lipinski definition) is 0.